The van der Waals surface area contributed by atoms with Gasteiger partial charge in [0.15, 0.2) is 0 Å². The van der Waals surface area contributed by atoms with Crippen LogP contribution in [0.3, 0.4) is 0 Å². The van der Waals surface area contributed by atoms with Gasteiger partial charge in [0.25, 0.3) is 5.91 Å². The second-order valence-electron chi connectivity index (χ2n) is 6.39. The highest BCUT2D eigenvalue weighted by Gasteiger charge is 2.16. The fourth-order valence-corrected chi connectivity index (χ4v) is 4.42. The van der Waals surface area contributed by atoms with Gasteiger partial charge in [0.05, 0.1) is 20.8 Å². The number of hydrogen-bond acceptors (Lipinski definition) is 6. The molecule has 4 rings (SSSR count). The van der Waals surface area contributed by atoms with E-state index in [2.05, 4.69) is 11.4 Å². The van der Waals surface area contributed by atoms with Gasteiger partial charge < -0.3 is 10.1 Å². The zero-order chi connectivity index (χ0) is 20.1. The van der Waals surface area contributed by atoms with Gasteiger partial charge in [0.1, 0.15) is 11.4 Å². The number of carbonyl (C=O) groups is 1. The molecule has 148 valence electrons. The summed E-state index contributed by atoms with van der Waals surface area (Å²) < 4.78 is 5.30. The van der Waals surface area contributed by atoms with Gasteiger partial charge in [-0.2, -0.15) is 0 Å². The maximum Gasteiger partial charge on any atom is 0.251 e. The molecule has 0 atom stereocenters. The molecule has 0 aliphatic carbocycles. The van der Waals surface area contributed by atoms with Gasteiger partial charge in [-0.25, -0.2) is 9.97 Å². The average molecular weight is 424 g/mol. The number of benzene rings is 1. The summed E-state index contributed by atoms with van der Waals surface area (Å²) >= 11 is 3.28. The Morgan fingerprint density at radius 3 is 2.31 bits per heavy atom. The van der Waals surface area contributed by atoms with E-state index in [-0.39, 0.29) is 5.91 Å². The molecule has 5 nitrogen and oxygen atoms in total. The van der Waals surface area contributed by atoms with Crippen molar-refractivity contribution in [1.82, 2.24) is 15.3 Å². The molecule has 0 bridgehead atoms. The number of thiophene rings is 2. The smallest absolute Gasteiger partial charge is 0.251 e. The Morgan fingerprint density at radius 2 is 1.69 bits per heavy atom. The maximum absolute atomic E-state index is 12.5. The summed E-state index contributed by atoms with van der Waals surface area (Å²) in [5.74, 6) is -0.106. The molecule has 1 N–H and O–H groups in total. The van der Waals surface area contributed by atoms with Crippen LogP contribution < -0.4 is 5.32 Å². The molecule has 0 saturated heterocycles. The molecular formula is C22H21N3O2S2. The van der Waals surface area contributed by atoms with Crippen LogP contribution in [0.5, 0.6) is 0 Å². The van der Waals surface area contributed by atoms with Crippen molar-refractivity contribution in [3.8, 4) is 21.1 Å². The van der Waals surface area contributed by atoms with Crippen LogP contribution in [0.1, 0.15) is 23.7 Å². The summed E-state index contributed by atoms with van der Waals surface area (Å²) in [7, 11) is 0. The molecule has 0 radical (unpaired) electrons. The minimum Gasteiger partial charge on any atom is -0.382 e. The Balaban J connectivity index is 1.65. The molecule has 1 amide bonds. The first kappa shape index (κ1) is 19.7. The lowest BCUT2D eigenvalue weighted by atomic mass is 10.1. The number of amides is 1. The molecular weight excluding hydrogens is 402 g/mol. The number of hydrogen-bond donors (Lipinski definition) is 1. The molecule has 0 fully saturated rings. The molecule has 0 saturated carbocycles. The Hall–Kier alpha value is -2.61. The van der Waals surface area contributed by atoms with E-state index in [0.29, 0.717) is 25.3 Å². The number of nitrogens with zero attached hydrogens (tertiary/aromatic N) is 2. The minimum absolute atomic E-state index is 0.106. The number of carbonyl (C=O) groups excluding carboxylic acids is 1. The van der Waals surface area contributed by atoms with Gasteiger partial charge >= 0.3 is 0 Å². The summed E-state index contributed by atoms with van der Waals surface area (Å²) in [5, 5.41) is 7.01. The molecule has 4 aromatic rings. The van der Waals surface area contributed by atoms with E-state index in [0.717, 1.165) is 38.6 Å². The fraction of sp³-hybridized carbons (Fsp3) is 0.227. The second-order valence-corrected chi connectivity index (χ2v) is 8.28. The monoisotopic (exact) mass is 423 g/mol. The zero-order valence-electron chi connectivity index (χ0n) is 16.1. The second kappa shape index (κ2) is 9.26. The number of ether oxygens (including phenoxy) is 1. The Morgan fingerprint density at radius 1 is 1.00 bits per heavy atom. The first-order chi connectivity index (χ1) is 14.3. The largest absolute Gasteiger partial charge is 0.382 e. The van der Waals surface area contributed by atoms with Gasteiger partial charge in [-0.1, -0.05) is 12.1 Å². The normalized spacial score (nSPS) is 11.1. The third-order valence-electron chi connectivity index (χ3n) is 4.39. The lowest BCUT2D eigenvalue weighted by Gasteiger charge is -2.09. The van der Waals surface area contributed by atoms with Gasteiger partial charge in [-0.3, -0.25) is 4.79 Å². The van der Waals surface area contributed by atoms with Crippen LogP contribution in [0, 0.1) is 0 Å². The average Bonchev–Trinajstić information content (AvgIpc) is 3.46. The first-order valence-corrected chi connectivity index (χ1v) is 11.3. The highest BCUT2D eigenvalue weighted by molar-refractivity contribution is 7.14. The molecule has 3 heterocycles. The van der Waals surface area contributed by atoms with Gasteiger partial charge in [0, 0.05) is 25.3 Å². The van der Waals surface area contributed by atoms with Crippen molar-refractivity contribution in [1.29, 1.82) is 0 Å². The van der Waals surface area contributed by atoms with Crippen LogP contribution in [0.4, 0.5) is 0 Å². The Kier molecular flexibility index (Phi) is 6.29. The standard InChI is InChI=1S/C22H21N3O2S2/c1-2-27-11-5-10-23-22(26)15-8-9-16-17(14-15)25-21(19-7-4-13-29-19)20(24-16)18-6-3-12-28-18/h3-4,6-9,12-14H,2,5,10-11H2,1H3,(H,23,26). The third kappa shape index (κ3) is 4.53. The van der Waals surface area contributed by atoms with E-state index in [1.807, 2.05) is 48.0 Å². The summed E-state index contributed by atoms with van der Waals surface area (Å²) in [5.41, 5.74) is 3.81. The molecule has 0 spiro atoms. The van der Waals surface area contributed by atoms with Crippen LogP contribution in [0.2, 0.25) is 0 Å². The zero-order valence-corrected chi connectivity index (χ0v) is 17.7. The number of nitrogens with one attached hydrogen (secondary N) is 1. The predicted octanol–water partition coefficient (Wildman–Crippen LogP) is 5.24. The minimum atomic E-state index is -0.106. The molecule has 29 heavy (non-hydrogen) atoms. The van der Waals surface area contributed by atoms with E-state index >= 15 is 0 Å². The van der Waals surface area contributed by atoms with Crippen molar-refractivity contribution in [2.24, 2.45) is 0 Å². The SMILES string of the molecule is CCOCCCNC(=O)c1ccc2nc(-c3cccs3)c(-c3cccs3)nc2c1. The Labute approximate surface area is 177 Å². The van der Waals surface area contributed by atoms with E-state index in [1.54, 1.807) is 28.7 Å². The van der Waals surface area contributed by atoms with E-state index < -0.39 is 0 Å². The summed E-state index contributed by atoms with van der Waals surface area (Å²) in [6.45, 7) is 3.89. The number of aromatic nitrogens is 2. The van der Waals surface area contributed by atoms with Crippen LogP contribution in [-0.4, -0.2) is 35.6 Å². The number of fused-ring (bicyclic) bond motifs is 1. The molecule has 1 aromatic carbocycles. The van der Waals surface area contributed by atoms with Crippen molar-refractivity contribution in [3.05, 3.63) is 58.8 Å². The van der Waals surface area contributed by atoms with Gasteiger partial charge in [0.2, 0.25) is 0 Å². The van der Waals surface area contributed by atoms with Crippen LogP contribution in [0.15, 0.2) is 53.2 Å². The highest BCUT2D eigenvalue weighted by atomic mass is 32.1. The number of rotatable bonds is 8. The molecule has 0 aliphatic rings. The van der Waals surface area contributed by atoms with E-state index in [1.165, 1.54) is 0 Å². The van der Waals surface area contributed by atoms with E-state index in [4.69, 9.17) is 14.7 Å². The third-order valence-corrected chi connectivity index (χ3v) is 6.14. The van der Waals surface area contributed by atoms with Crippen LogP contribution in [0.25, 0.3) is 32.2 Å². The maximum atomic E-state index is 12.5. The van der Waals surface area contributed by atoms with Crippen LogP contribution >= 0.6 is 22.7 Å². The molecule has 0 unspecified atom stereocenters. The van der Waals surface area contributed by atoms with Crippen molar-refractivity contribution in [2.75, 3.05) is 19.8 Å². The summed E-state index contributed by atoms with van der Waals surface area (Å²) in [6, 6.07) is 13.6. The Bertz CT molecular complexity index is 1090. The van der Waals surface area contributed by atoms with E-state index in [9.17, 15) is 4.79 Å². The first-order valence-electron chi connectivity index (χ1n) is 9.51. The highest BCUT2D eigenvalue weighted by Crippen LogP contribution is 2.35. The van der Waals surface area contributed by atoms with Crippen molar-refractivity contribution in [3.63, 3.8) is 0 Å². The topological polar surface area (TPSA) is 64.1 Å². The molecule has 0 aliphatic heterocycles. The fourth-order valence-electron chi connectivity index (χ4n) is 2.99. The van der Waals surface area contributed by atoms with Crippen LogP contribution in [-0.2, 0) is 4.74 Å². The van der Waals surface area contributed by atoms with Crippen molar-refractivity contribution < 1.29 is 9.53 Å². The van der Waals surface area contributed by atoms with Gasteiger partial charge in [-0.05, 0) is 54.4 Å². The predicted molar refractivity (Wildman–Crippen MR) is 120 cm³/mol. The lowest BCUT2D eigenvalue weighted by Crippen LogP contribution is -2.25. The van der Waals surface area contributed by atoms with Gasteiger partial charge in [-0.15, -0.1) is 22.7 Å². The quantitative estimate of drug-likeness (QED) is 0.394. The van der Waals surface area contributed by atoms with Crippen molar-refractivity contribution >= 4 is 39.6 Å². The molecule has 7 heteroatoms. The lowest BCUT2D eigenvalue weighted by molar-refractivity contribution is 0.0944. The molecule has 3 aromatic heterocycles. The van der Waals surface area contributed by atoms with Crippen molar-refractivity contribution in [2.45, 2.75) is 13.3 Å². The summed E-state index contributed by atoms with van der Waals surface area (Å²) in [6.07, 6.45) is 0.791. The summed E-state index contributed by atoms with van der Waals surface area (Å²) in [4.78, 5) is 24.4.